The maximum absolute atomic E-state index is 13.6. The highest BCUT2D eigenvalue weighted by Crippen LogP contribution is 2.41. The smallest absolute Gasteiger partial charge is 0.227 e. The van der Waals surface area contributed by atoms with Gasteiger partial charge in [0.2, 0.25) is 5.91 Å². The third kappa shape index (κ3) is 4.70. The minimum atomic E-state index is -0.925. The van der Waals surface area contributed by atoms with E-state index >= 15 is 0 Å². The number of fused-ring (bicyclic) bond motifs is 1. The molecule has 31 heavy (non-hydrogen) atoms. The van der Waals surface area contributed by atoms with Gasteiger partial charge in [0.15, 0.2) is 11.6 Å². The molecule has 0 aromatic heterocycles. The molecule has 0 spiro atoms. The summed E-state index contributed by atoms with van der Waals surface area (Å²) in [5.74, 6) is -1.07. The van der Waals surface area contributed by atoms with Crippen molar-refractivity contribution in [2.75, 3.05) is 27.2 Å². The van der Waals surface area contributed by atoms with Crippen LogP contribution in [0.15, 0.2) is 36.4 Å². The number of carbonyl (C=O) groups is 1. The third-order valence-corrected chi connectivity index (χ3v) is 6.52. The average Bonchev–Trinajstić information content (AvgIpc) is 3.29. The lowest BCUT2D eigenvalue weighted by Crippen LogP contribution is -2.48. The van der Waals surface area contributed by atoms with Crippen molar-refractivity contribution >= 4 is 18.3 Å². The molecule has 2 atom stereocenters. The van der Waals surface area contributed by atoms with E-state index < -0.39 is 11.6 Å². The fourth-order valence-corrected chi connectivity index (χ4v) is 5.00. The number of hydrogen-bond acceptors (Lipinski definition) is 3. The second-order valence-electron chi connectivity index (χ2n) is 8.25. The third-order valence-electron chi connectivity index (χ3n) is 6.52. The zero-order valence-electron chi connectivity index (χ0n) is 17.9. The molecule has 0 bridgehead atoms. The van der Waals surface area contributed by atoms with Gasteiger partial charge in [-0.2, -0.15) is 0 Å². The topological polar surface area (TPSA) is 32.8 Å². The quantitative estimate of drug-likeness (QED) is 0.670. The van der Waals surface area contributed by atoms with Gasteiger partial charge in [0, 0.05) is 13.1 Å². The number of nitrogens with zero attached hydrogens (tertiary/aromatic N) is 2. The molecule has 1 saturated heterocycles. The molecule has 7 heteroatoms. The Morgan fingerprint density at radius 2 is 1.90 bits per heavy atom. The summed E-state index contributed by atoms with van der Waals surface area (Å²) in [5, 5.41) is 0. The summed E-state index contributed by atoms with van der Waals surface area (Å²) in [7, 11) is 3.50. The van der Waals surface area contributed by atoms with Crippen LogP contribution in [0.2, 0.25) is 0 Å². The Morgan fingerprint density at radius 1 is 1.16 bits per heavy atom. The first kappa shape index (κ1) is 23.5. The maximum atomic E-state index is 13.6. The maximum Gasteiger partial charge on any atom is 0.227 e. The molecule has 1 amide bonds. The number of hydrogen-bond donors (Lipinski definition) is 0. The zero-order valence-corrected chi connectivity index (χ0v) is 18.8. The van der Waals surface area contributed by atoms with E-state index in [2.05, 4.69) is 11.0 Å². The van der Waals surface area contributed by atoms with Gasteiger partial charge in [-0.05, 0) is 73.7 Å². The Morgan fingerprint density at radius 3 is 2.58 bits per heavy atom. The van der Waals surface area contributed by atoms with E-state index in [1.807, 2.05) is 19.2 Å². The summed E-state index contributed by atoms with van der Waals surface area (Å²) in [6.07, 6.45) is 4.28. The van der Waals surface area contributed by atoms with E-state index in [0.717, 1.165) is 54.9 Å². The molecule has 0 saturated carbocycles. The van der Waals surface area contributed by atoms with Crippen molar-refractivity contribution in [3.63, 3.8) is 0 Å². The summed E-state index contributed by atoms with van der Waals surface area (Å²) in [4.78, 5) is 17.5. The number of amides is 1. The number of carbonyl (C=O) groups excluding carboxylic acids is 1. The molecule has 4 rings (SSSR count). The lowest BCUT2D eigenvalue weighted by Gasteiger charge is -2.44. The van der Waals surface area contributed by atoms with Crippen molar-refractivity contribution < 1.29 is 18.3 Å². The predicted octanol–water partition coefficient (Wildman–Crippen LogP) is 4.55. The van der Waals surface area contributed by atoms with E-state index in [1.54, 1.807) is 12.0 Å². The molecule has 1 aliphatic heterocycles. The van der Waals surface area contributed by atoms with Crippen LogP contribution in [-0.4, -0.2) is 49.0 Å². The van der Waals surface area contributed by atoms with Gasteiger partial charge in [0.05, 0.1) is 19.6 Å². The van der Waals surface area contributed by atoms with E-state index in [9.17, 15) is 13.6 Å². The molecular formula is C24H29ClF2N2O2. The van der Waals surface area contributed by atoms with E-state index in [1.165, 1.54) is 18.9 Å². The molecule has 2 aromatic rings. The number of halogens is 3. The van der Waals surface area contributed by atoms with Crippen LogP contribution in [0, 0.1) is 11.6 Å². The number of benzene rings is 2. The van der Waals surface area contributed by atoms with Gasteiger partial charge in [0.1, 0.15) is 5.75 Å². The summed E-state index contributed by atoms with van der Waals surface area (Å²) in [6, 6.07) is 9.83. The highest BCUT2D eigenvalue weighted by Gasteiger charge is 2.39. The fraction of sp³-hybridized carbons (Fsp3) is 0.458. The Hall–Kier alpha value is -2.18. The van der Waals surface area contributed by atoms with Crippen LogP contribution >= 0.6 is 12.4 Å². The molecule has 2 aromatic carbocycles. The molecule has 1 aliphatic carbocycles. The van der Waals surface area contributed by atoms with Crippen molar-refractivity contribution in [1.82, 2.24) is 9.80 Å². The van der Waals surface area contributed by atoms with Crippen molar-refractivity contribution in [2.45, 2.75) is 44.2 Å². The molecule has 1 heterocycles. The zero-order chi connectivity index (χ0) is 21.3. The number of ether oxygens (including phenoxy) is 1. The molecule has 4 nitrogen and oxygen atoms in total. The lowest BCUT2D eigenvalue weighted by molar-refractivity contribution is -0.133. The van der Waals surface area contributed by atoms with Gasteiger partial charge in [0.25, 0.3) is 0 Å². The summed E-state index contributed by atoms with van der Waals surface area (Å²) in [5.41, 5.74) is 2.76. The molecule has 2 aliphatic rings. The Kier molecular flexibility index (Phi) is 7.55. The van der Waals surface area contributed by atoms with Crippen LogP contribution in [0.1, 0.15) is 42.0 Å². The molecule has 1 fully saturated rings. The van der Waals surface area contributed by atoms with Crippen molar-refractivity contribution in [3.8, 4) is 5.75 Å². The Balaban J connectivity index is 0.00000272. The van der Waals surface area contributed by atoms with Crippen molar-refractivity contribution in [3.05, 3.63) is 64.7 Å². The normalized spacial score (nSPS) is 20.6. The van der Waals surface area contributed by atoms with Gasteiger partial charge >= 0.3 is 0 Å². The first-order chi connectivity index (χ1) is 14.5. The van der Waals surface area contributed by atoms with Gasteiger partial charge in [-0.25, -0.2) is 8.78 Å². The van der Waals surface area contributed by atoms with Crippen LogP contribution in [0.3, 0.4) is 0 Å². The largest absolute Gasteiger partial charge is 0.496 e. The average molecular weight is 451 g/mol. The minimum Gasteiger partial charge on any atom is -0.496 e. The standard InChI is InChI=1S/C24H28F2N2O2.ClH/c1-27(23(29)15-16-8-10-19(25)20(26)14-16)24-18-6-5-7-22(30-2)17(18)9-11-21(24)28-12-3-4-13-28;/h5-8,10,14,21,24H,3-4,9,11-13,15H2,1-2H3;1H/t21-,24-;/m0./s1. The molecular weight excluding hydrogens is 422 g/mol. The summed E-state index contributed by atoms with van der Waals surface area (Å²) < 4.78 is 32.5. The second kappa shape index (κ2) is 9.96. The number of likely N-dealkylation sites (N-methyl/N-ethyl adjacent to an activating group) is 1. The highest BCUT2D eigenvalue weighted by atomic mass is 35.5. The first-order valence-corrected chi connectivity index (χ1v) is 10.6. The molecule has 0 unspecified atom stereocenters. The number of methoxy groups -OCH3 is 1. The van der Waals surface area contributed by atoms with E-state index in [-0.39, 0.29) is 36.8 Å². The summed E-state index contributed by atoms with van der Waals surface area (Å²) >= 11 is 0. The van der Waals surface area contributed by atoms with Gasteiger partial charge in [-0.15, -0.1) is 12.4 Å². The van der Waals surface area contributed by atoms with Gasteiger partial charge in [-0.1, -0.05) is 18.2 Å². The van der Waals surface area contributed by atoms with Gasteiger partial charge in [-0.3, -0.25) is 9.69 Å². The summed E-state index contributed by atoms with van der Waals surface area (Å²) in [6.45, 7) is 2.09. The van der Waals surface area contributed by atoms with E-state index in [0.29, 0.717) is 5.56 Å². The van der Waals surface area contributed by atoms with Crippen LogP contribution in [0.4, 0.5) is 8.78 Å². The first-order valence-electron chi connectivity index (χ1n) is 10.6. The second-order valence-corrected chi connectivity index (χ2v) is 8.25. The van der Waals surface area contributed by atoms with Crippen LogP contribution < -0.4 is 4.74 Å². The highest BCUT2D eigenvalue weighted by molar-refractivity contribution is 5.85. The molecule has 168 valence electrons. The number of likely N-dealkylation sites (tertiary alicyclic amines) is 1. The SMILES string of the molecule is COc1cccc2c1CC[C@H](N1CCCC1)[C@H]2N(C)C(=O)Cc1ccc(F)c(F)c1.Cl. The Labute approximate surface area is 188 Å². The fourth-order valence-electron chi connectivity index (χ4n) is 5.00. The van der Waals surface area contributed by atoms with Gasteiger partial charge < -0.3 is 9.64 Å². The minimum absolute atomic E-state index is 0. The van der Waals surface area contributed by atoms with Crippen molar-refractivity contribution in [1.29, 1.82) is 0 Å². The van der Waals surface area contributed by atoms with Crippen LogP contribution in [0.25, 0.3) is 0 Å². The monoisotopic (exact) mass is 450 g/mol. The Bertz CT molecular complexity index is 934. The number of rotatable bonds is 5. The van der Waals surface area contributed by atoms with E-state index in [4.69, 9.17) is 4.74 Å². The van der Waals surface area contributed by atoms with Crippen molar-refractivity contribution in [2.24, 2.45) is 0 Å². The van der Waals surface area contributed by atoms with Crippen LogP contribution in [0.5, 0.6) is 5.75 Å². The molecule has 0 N–H and O–H groups in total. The lowest BCUT2D eigenvalue weighted by atomic mass is 9.81. The van der Waals surface area contributed by atoms with Crippen LogP contribution in [-0.2, 0) is 17.6 Å². The predicted molar refractivity (Wildman–Crippen MR) is 119 cm³/mol. The molecule has 0 radical (unpaired) electrons.